The summed E-state index contributed by atoms with van der Waals surface area (Å²) in [4.78, 5) is 2.25. The molecule has 2 N–H and O–H groups in total. The molecule has 0 aromatic heterocycles. The van der Waals surface area contributed by atoms with Crippen LogP contribution in [-0.4, -0.2) is 53.6 Å². The Kier molecular flexibility index (Phi) is 5.99. The van der Waals surface area contributed by atoms with E-state index in [-0.39, 0.29) is 18.8 Å². The van der Waals surface area contributed by atoms with Crippen molar-refractivity contribution in [3.05, 3.63) is 34.3 Å². The molecule has 1 saturated heterocycles. The molecular weight excluding hydrogens is 322 g/mol. The quantitative estimate of drug-likeness (QED) is 0.857. The van der Waals surface area contributed by atoms with E-state index in [0.29, 0.717) is 6.42 Å². The lowest BCUT2D eigenvalue weighted by atomic mass is 10.1. The highest BCUT2D eigenvalue weighted by atomic mass is 79.9. The van der Waals surface area contributed by atoms with Crippen LogP contribution >= 0.6 is 15.9 Å². The molecule has 20 heavy (non-hydrogen) atoms. The van der Waals surface area contributed by atoms with E-state index in [4.69, 9.17) is 4.74 Å². The minimum absolute atomic E-state index is 0.0506. The van der Waals surface area contributed by atoms with E-state index in [1.54, 1.807) is 0 Å². The van der Waals surface area contributed by atoms with Gasteiger partial charge in [-0.1, -0.05) is 28.1 Å². The van der Waals surface area contributed by atoms with Crippen molar-refractivity contribution in [2.24, 2.45) is 0 Å². The fourth-order valence-corrected chi connectivity index (χ4v) is 3.03. The van der Waals surface area contributed by atoms with Crippen LogP contribution in [0.1, 0.15) is 25.0 Å². The summed E-state index contributed by atoms with van der Waals surface area (Å²) in [6, 6.07) is 7.77. The summed E-state index contributed by atoms with van der Waals surface area (Å²) in [7, 11) is 0. The lowest BCUT2D eigenvalue weighted by Gasteiger charge is -2.36. The van der Waals surface area contributed by atoms with Crippen LogP contribution in [0.5, 0.6) is 0 Å². The minimum atomic E-state index is -0.460. The molecule has 0 spiro atoms. The van der Waals surface area contributed by atoms with Gasteiger partial charge in [0.2, 0.25) is 0 Å². The summed E-state index contributed by atoms with van der Waals surface area (Å²) in [6.45, 7) is 4.44. The first-order valence-corrected chi connectivity index (χ1v) is 7.80. The van der Waals surface area contributed by atoms with Gasteiger partial charge < -0.3 is 14.9 Å². The summed E-state index contributed by atoms with van der Waals surface area (Å²) in [5, 5.41) is 19.4. The Hall–Kier alpha value is -0.460. The summed E-state index contributed by atoms with van der Waals surface area (Å²) in [5.74, 6) is 0. The Bertz CT molecular complexity index is 429. The van der Waals surface area contributed by atoms with Crippen molar-refractivity contribution in [2.75, 3.05) is 26.2 Å². The Morgan fingerprint density at radius 3 is 2.95 bits per heavy atom. The molecule has 5 heteroatoms. The molecule has 1 fully saturated rings. The van der Waals surface area contributed by atoms with E-state index in [1.807, 2.05) is 31.2 Å². The molecule has 3 atom stereocenters. The van der Waals surface area contributed by atoms with E-state index in [1.165, 1.54) is 0 Å². The first-order chi connectivity index (χ1) is 9.58. The molecule has 1 aliphatic rings. The number of benzene rings is 1. The summed E-state index contributed by atoms with van der Waals surface area (Å²) in [5.41, 5.74) is 0.930. The number of aliphatic hydroxyl groups is 2. The van der Waals surface area contributed by atoms with Crippen LogP contribution < -0.4 is 0 Å². The van der Waals surface area contributed by atoms with Gasteiger partial charge in [-0.05, 0) is 31.0 Å². The number of nitrogens with zero attached hydrogens (tertiary/aromatic N) is 1. The van der Waals surface area contributed by atoms with Gasteiger partial charge in [0.1, 0.15) is 0 Å². The van der Waals surface area contributed by atoms with Gasteiger partial charge in [0.25, 0.3) is 0 Å². The van der Waals surface area contributed by atoms with Crippen molar-refractivity contribution < 1.29 is 14.9 Å². The monoisotopic (exact) mass is 343 g/mol. The molecule has 2 rings (SSSR count). The normalized spacial score (nSPS) is 25.6. The molecule has 1 aliphatic heterocycles. The van der Waals surface area contributed by atoms with Gasteiger partial charge in [0.15, 0.2) is 0 Å². The van der Waals surface area contributed by atoms with Crippen LogP contribution in [-0.2, 0) is 4.74 Å². The third kappa shape index (κ3) is 4.53. The van der Waals surface area contributed by atoms with Gasteiger partial charge in [0.05, 0.1) is 24.9 Å². The second kappa shape index (κ2) is 7.52. The van der Waals surface area contributed by atoms with Crippen LogP contribution in [0.25, 0.3) is 0 Å². The van der Waals surface area contributed by atoms with Gasteiger partial charge in [0, 0.05) is 24.1 Å². The Morgan fingerprint density at radius 2 is 2.25 bits per heavy atom. The van der Waals surface area contributed by atoms with Gasteiger partial charge >= 0.3 is 0 Å². The van der Waals surface area contributed by atoms with Crippen LogP contribution in [0.4, 0.5) is 0 Å². The lowest BCUT2D eigenvalue weighted by molar-refractivity contribution is -0.0967. The maximum absolute atomic E-state index is 10.2. The number of rotatable bonds is 5. The van der Waals surface area contributed by atoms with Gasteiger partial charge in [-0.15, -0.1) is 0 Å². The average molecular weight is 344 g/mol. The molecule has 4 nitrogen and oxygen atoms in total. The van der Waals surface area contributed by atoms with E-state index < -0.39 is 6.10 Å². The average Bonchev–Trinajstić information content (AvgIpc) is 2.44. The molecule has 0 saturated carbocycles. The summed E-state index contributed by atoms with van der Waals surface area (Å²) in [6.07, 6.45) is 0.241. The largest absolute Gasteiger partial charge is 0.394 e. The van der Waals surface area contributed by atoms with Crippen molar-refractivity contribution in [2.45, 2.75) is 31.7 Å². The Morgan fingerprint density at radius 1 is 1.45 bits per heavy atom. The predicted molar refractivity (Wildman–Crippen MR) is 81.6 cm³/mol. The van der Waals surface area contributed by atoms with Crippen LogP contribution in [0, 0.1) is 0 Å². The molecule has 0 amide bonds. The molecule has 112 valence electrons. The first kappa shape index (κ1) is 15.9. The maximum Gasteiger partial charge on any atom is 0.0936 e. The van der Waals surface area contributed by atoms with E-state index in [9.17, 15) is 10.2 Å². The van der Waals surface area contributed by atoms with Gasteiger partial charge in [-0.25, -0.2) is 0 Å². The molecule has 1 aromatic rings. The highest BCUT2D eigenvalue weighted by Crippen LogP contribution is 2.21. The van der Waals surface area contributed by atoms with Crippen LogP contribution in [0.2, 0.25) is 0 Å². The second-order valence-corrected chi connectivity index (χ2v) is 6.29. The SMILES string of the molecule is CC1CN(CCC(O)c2cccc(Br)c2)CC(CO)O1. The highest BCUT2D eigenvalue weighted by Gasteiger charge is 2.24. The van der Waals surface area contributed by atoms with E-state index in [0.717, 1.165) is 29.7 Å². The fourth-order valence-electron chi connectivity index (χ4n) is 2.61. The zero-order valence-electron chi connectivity index (χ0n) is 11.7. The number of halogens is 1. The predicted octanol–water partition coefficient (Wildman–Crippen LogP) is 1.95. The zero-order valence-corrected chi connectivity index (χ0v) is 13.3. The standard InChI is InChI=1S/C15H22BrNO3/c1-11-8-17(9-14(10-18)20-11)6-5-15(19)12-3-2-4-13(16)7-12/h2-4,7,11,14-15,18-19H,5-6,8-10H2,1H3. The number of hydrogen-bond donors (Lipinski definition) is 2. The Balaban J connectivity index is 1.85. The summed E-state index contributed by atoms with van der Waals surface area (Å²) >= 11 is 3.42. The van der Waals surface area contributed by atoms with Crippen molar-refractivity contribution in [3.8, 4) is 0 Å². The zero-order chi connectivity index (χ0) is 14.5. The third-order valence-electron chi connectivity index (χ3n) is 3.56. The summed E-state index contributed by atoms with van der Waals surface area (Å²) < 4.78 is 6.59. The maximum atomic E-state index is 10.2. The van der Waals surface area contributed by atoms with E-state index in [2.05, 4.69) is 20.8 Å². The smallest absolute Gasteiger partial charge is 0.0936 e. The van der Waals surface area contributed by atoms with E-state index >= 15 is 0 Å². The molecule has 3 unspecified atom stereocenters. The van der Waals surface area contributed by atoms with Crippen LogP contribution in [0.3, 0.4) is 0 Å². The fraction of sp³-hybridized carbons (Fsp3) is 0.600. The number of hydrogen-bond acceptors (Lipinski definition) is 4. The lowest BCUT2D eigenvalue weighted by Crippen LogP contribution is -2.48. The molecule has 0 aliphatic carbocycles. The number of aliphatic hydroxyl groups excluding tert-OH is 2. The van der Waals surface area contributed by atoms with Gasteiger partial charge in [-0.2, -0.15) is 0 Å². The second-order valence-electron chi connectivity index (χ2n) is 5.37. The van der Waals surface area contributed by atoms with Crippen molar-refractivity contribution in [1.29, 1.82) is 0 Å². The molecule has 0 bridgehead atoms. The van der Waals surface area contributed by atoms with Crippen LogP contribution in [0.15, 0.2) is 28.7 Å². The Labute approximate surface area is 128 Å². The molecule has 0 radical (unpaired) electrons. The first-order valence-electron chi connectivity index (χ1n) is 7.00. The van der Waals surface area contributed by atoms with Crippen molar-refractivity contribution in [1.82, 2.24) is 4.90 Å². The van der Waals surface area contributed by atoms with Crippen molar-refractivity contribution in [3.63, 3.8) is 0 Å². The minimum Gasteiger partial charge on any atom is -0.394 e. The topological polar surface area (TPSA) is 52.9 Å². The number of ether oxygens (including phenoxy) is 1. The molecule has 1 aromatic carbocycles. The molecular formula is C15H22BrNO3. The van der Waals surface area contributed by atoms with Gasteiger partial charge in [-0.3, -0.25) is 4.90 Å². The third-order valence-corrected chi connectivity index (χ3v) is 4.05. The highest BCUT2D eigenvalue weighted by molar-refractivity contribution is 9.10. The molecule has 1 heterocycles. The van der Waals surface area contributed by atoms with Crippen molar-refractivity contribution >= 4 is 15.9 Å². The number of morpholine rings is 1.